The number of nitrogens with zero attached hydrogens (tertiary/aromatic N) is 6. The van der Waals surface area contributed by atoms with Gasteiger partial charge in [0, 0.05) is 65.4 Å². The van der Waals surface area contributed by atoms with Crippen LogP contribution < -0.4 is 0 Å². The predicted molar refractivity (Wildman–Crippen MR) is 301 cm³/mol. The summed E-state index contributed by atoms with van der Waals surface area (Å²) in [6.07, 6.45) is -2.32. The Balaban J connectivity index is 0.000000261. The highest BCUT2D eigenvalue weighted by atomic mass is 32.2. The second-order valence-electron chi connectivity index (χ2n) is 20.1. The molecule has 0 radical (unpaired) electrons. The highest BCUT2D eigenvalue weighted by Gasteiger charge is 2.49. The maximum absolute atomic E-state index is 13.9. The minimum Gasteiger partial charge on any atom is -0.465 e. The molecule has 0 spiro atoms. The lowest BCUT2D eigenvalue weighted by Gasteiger charge is -2.44. The largest absolute Gasteiger partial charge is 0.465 e. The molecule has 2 aliphatic rings. The van der Waals surface area contributed by atoms with E-state index in [1.807, 2.05) is 26.6 Å². The van der Waals surface area contributed by atoms with Gasteiger partial charge in [0.25, 0.3) is 0 Å². The van der Waals surface area contributed by atoms with E-state index in [4.69, 9.17) is 43.4 Å². The molecule has 4 aromatic carbocycles. The minimum atomic E-state index is -1.61. The van der Waals surface area contributed by atoms with Gasteiger partial charge < -0.3 is 37.9 Å². The Morgan fingerprint density at radius 2 is 1.13 bits per heavy atom. The summed E-state index contributed by atoms with van der Waals surface area (Å²) in [7, 11) is 0.984. The fourth-order valence-corrected chi connectivity index (χ4v) is 11.3. The number of carbonyl (C=O) groups excluding carboxylic acids is 6. The highest BCUT2D eigenvalue weighted by Crippen LogP contribution is 2.44. The normalized spacial score (nSPS) is 21.4. The number of methoxy groups -OCH3 is 2. The van der Waals surface area contributed by atoms with E-state index in [2.05, 4.69) is 31.8 Å². The van der Waals surface area contributed by atoms with Crippen molar-refractivity contribution in [2.24, 2.45) is 17.0 Å². The van der Waals surface area contributed by atoms with E-state index in [0.717, 1.165) is 29.2 Å². The van der Waals surface area contributed by atoms with Crippen LogP contribution in [0.1, 0.15) is 73.9 Å². The lowest BCUT2D eigenvalue weighted by atomic mass is 9.90. The van der Waals surface area contributed by atoms with E-state index in [9.17, 15) is 55.1 Å². The number of benzene rings is 4. The van der Waals surface area contributed by atoms with Crippen molar-refractivity contribution in [1.82, 2.24) is 15.0 Å². The van der Waals surface area contributed by atoms with Gasteiger partial charge in [0.15, 0.2) is 41.0 Å². The molecule has 2 fully saturated rings. The molecule has 86 heavy (non-hydrogen) atoms. The first-order chi connectivity index (χ1) is 40.5. The van der Waals surface area contributed by atoms with Crippen molar-refractivity contribution in [2.45, 2.75) is 118 Å². The standard InChI is InChI=1S/C27H26F3N3O7S.C19H23N3O7S.C11H11F3Si/c1-13-24(33-11-21(31-32-33)17-9-19(28)23(30)20(29)10-17)25(39-15(3)35)22(12-38-14(2)34)40-27(13)41-18-7-5-6-16(8-18)26(36)37-4;1-10-16(21-22-20)17(28-12(3)24)15(9-27-11(2)23)29-19(10)30-14-7-5-6-13(8-14)18(25)26-4;1-15(2,3)5-4-8-6-9(12)11(14)10(13)7-8/h5-11,13,22,24-25,27H,12H2,1-4H3;5-8,10,15-17,19H,9H2,1-4H3;6-7H,1-3H3/t13?,22?,24-,25+,27-;10?,15?,16-,17+,19-;/m11./s1. The Kier molecular flexibility index (Phi) is 25.2. The molecule has 460 valence electrons. The molecular weight excluding hydrogens is 1200 g/mol. The molecule has 29 heteroatoms. The van der Waals surface area contributed by atoms with Crippen LogP contribution in [0.4, 0.5) is 26.3 Å². The number of azide groups is 1. The Morgan fingerprint density at radius 1 is 0.674 bits per heavy atom. The van der Waals surface area contributed by atoms with Crippen LogP contribution in [0.3, 0.4) is 0 Å². The van der Waals surface area contributed by atoms with Crippen LogP contribution in [0, 0.1) is 58.2 Å². The van der Waals surface area contributed by atoms with Crippen molar-refractivity contribution in [1.29, 1.82) is 0 Å². The summed E-state index contributed by atoms with van der Waals surface area (Å²) in [4.78, 5) is 74.7. The Hall–Kier alpha value is -7.87. The average Bonchev–Trinajstić information content (AvgIpc) is 1.60. The molecule has 0 aliphatic carbocycles. The third-order valence-corrected chi connectivity index (χ3v) is 15.8. The maximum Gasteiger partial charge on any atom is 0.337 e. The van der Waals surface area contributed by atoms with E-state index >= 15 is 0 Å². The number of hydrogen-bond donors (Lipinski definition) is 0. The third kappa shape index (κ3) is 19.6. The van der Waals surface area contributed by atoms with E-state index < -0.39 is 132 Å². The van der Waals surface area contributed by atoms with Crippen LogP contribution in [0.25, 0.3) is 21.7 Å². The van der Waals surface area contributed by atoms with Crippen LogP contribution in [-0.4, -0.2) is 128 Å². The van der Waals surface area contributed by atoms with Gasteiger partial charge in [0.2, 0.25) is 0 Å². The zero-order valence-electron chi connectivity index (χ0n) is 48.2. The van der Waals surface area contributed by atoms with Crippen molar-refractivity contribution < 1.29 is 93.0 Å². The van der Waals surface area contributed by atoms with Crippen LogP contribution in [-0.2, 0) is 57.1 Å². The molecule has 5 aromatic rings. The van der Waals surface area contributed by atoms with Gasteiger partial charge >= 0.3 is 35.8 Å². The molecule has 7 rings (SSSR count). The van der Waals surface area contributed by atoms with Gasteiger partial charge in [0.1, 0.15) is 56.2 Å². The van der Waals surface area contributed by atoms with Gasteiger partial charge in [-0.2, -0.15) is 0 Å². The average molecular weight is 1260 g/mol. The predicted octanol–water partition coefficient (Wildman–Crippen LogP) is 10.8. The lowest BCUT2D eigenvalue weighted by molar-refractivity contribution is -0.191. The zero-order chi connectivity index (χ0) is 63.7. The smallest absolute Gasteiger partial charge is 0.337 e. The van der Waals surface area contributed by atoms with E-state index in [-0.39, 0.29) is 36.0 Å². The number of halogens is 6. The monoisotopic (exact) mass is 1260 g/mol. The van der Waals surface area contributed by atoms with Crippen molar-refractivity contribution >= 4 is 67.4 Å². The zero-order valence-corrected chi connectivity index (χ0v) is 50.8. The number of carbonyl (C=O) groups is 6. The first-order valence-electron chi connectivity index (χ1n) is 25.9. The summed E-state index contributed by atoms with van der Waals surface area (Å²) >= 11 is 2.58. The summed E-state index contributed by atoms with van der Waals surface area (Å²) in [5.41, 5.74) is 11.7. The summed E-state index contributed by atoms with van der Waals surface area (Å²) in [5.74, 6) is -9.69. The number of aromatic nitrogens is 3. The van der Waals surface area contributed by atoms with Crippen molar-refractivity contribution in [3.63, 3.8) is 0 Å². The second kappa shape index (κ2) is 31.5. The summed E-state index contributed by atoms with van der Waals surface area (Å²) in [6, 6.07) is 15.4. The van der Waals surface area contributed by atoms with Gasteiger partial charge in [-0.15, -0.1) is 10.6 Å². The topological polar surface area (TPSA) is 256 Å². The Labute approximate surface area is 499 Å². The van der Waals surface area contributed by atoms with E-state index in [1.165, 1.54) is 76.3 Å². The summed E-state index contributed by atoms with van der Waals surface area (Å²) < 4.78 is 124. The number of hydrogen-bond acceptors (Lipinski definition) is 19. The van der Waals surface area contributed by atoms with E-state index in [0.29, 0.717) is 16.0 Å². The number of rotatable bonds is 15. The third-order valence-electron chi connectivity index (χ3n) is 12.3. The van der Waals surface area contributed by atoms with Crippen LogP contribution in [0.2, 0.25) is 19.6 Å². The molecule has 0 amide bonds. The molecular formula is C57H60F6N6O14S2Si. The number of thioether (sulfide) groups is 2. The van der Waals surface area contributed by atoms with Gasteiger partial charge in [0.05, 0.1) is 43.6 Å². The molecule has 2 aliphatic heterocycles. The van der Waals surface area contributed by atoms with Crippen molar-refractivity contribution in [2.75, 3.05) is 27.4 Å². The molecule has 3 heterocycles. The maximum atomic E-state index is 13.9. The fourth-order valence-electron chi connectivity index (χ4n) is 8.38. The van der Waals surface area contributed by atoms with Crippen molar-refractivity contribution in [3.8, 4) is 22.7 Å². The molecule has 20 nitrogen and oxygen atoms in total. The van der Waals surface area contributed by atoms with Gasteiger partial charge in [-0.1, -0.05) is 85.4 Å². The van der Waals surface area contributed by atoms with Crippen LogP contribution >= 0.6 is 23.5 Å². The second-order valence-corrected chi connectivity index (χ2v) is 27.2. The number of ether oxygens (including phenoxy) is 8. The lowest BCUT2D eigenvalue weighted by Crippen LogP contribution is -2.55. The first-order valence-corrected chi connectivity index (χ1v) is 31.2. The quantitative estimate of drug-likeness (QED) is 0.0109. The molecule has 0 saturated carbocycles. The molecule has 10 atom stereocenters. The molecule has 0 N–H and O–H groups in total. The SMILES string of the molecule is COC(=O)c1cccc(S[C@H]2OC(COC(C)=O)[C@H](OC(C)=O)[C@H](N=[N+]=[N-])C2C)c1.COC(=O)c1cccc(S[C@H]2OC(COC(C)=O)[C@H](OC(C)=O)[C@H](n3cc(-c4cc(F)c(F)c(F)c4)nn3)C2C)c1.C[Si](C)(C)C#Cc1cc(F)c(F)c(F)c1. The molecule has 4 unspecified atom stereocenters. The summed E-state index contributed by atoms with van der Waals surface area (Å²) in [6.45, 7) is 14.1. The first kappa shape index (κ1) is 68.9. The van der Waals surface area contributed by atoms with E-state index in [1.54, 1.807) is 55.5 Å². The minimum absolute atomic E-state index is 0.0367. The summed E-state index contributed by atoms with van der Waals surface area (Å²) in [5, 5.41) is 12.0. The Bertz CT molecular complexity index is 3350. The van der Waals surface area contributed by atoms with Crippen LogP contribution in [0.5, 0.6) is 0 Å². The number of esters is 6. The molecule has 0 bridgehead atoms. The molecule has 2 saturated heterocycles. The fraction of sp³-hybridized carbons (Fsp3) is 0.404. The highest BCUT2D eigenvalue weighted by molar-refractivity contribution is 8.00. The Morgan fingerprint density at radius 3 is 1.57 bits per heavy atom. The molecule has 1 aromatic heterocycles. The van der Waals surface area contributed by atoms with Gasteiger partial charge in [-0.05, 0) is 66.2 Å². The van der Waals surface area contributed by atoms with Crippen LogP contribution in [0.15, 0.2) is 93.9 Å². The van der Waals surface area contributed by atoms with Gasteiger partial charge in [-0.25, -0.2) is 40.6 Å². The van der Waals surface area contributed by atoms with Crippen molar-refractivity contribution in [3.05, 3.63) is 141 Å². The van der Waals surface area contributed by atoms with Gasteiger partial charge in [-0.3, -0.25) is 19.2 Å².